The summed E-state index contributed by atoms with van der Waals surface area (Å²) in [5, 5.41) is 8.91. The summed E-state index contributed by atoms with van der Waals surface area (Å²) >= 11 is 0. The Hall–Kier alpha value is -1.24. The highest BCUT2D eigenvalue weighted by Crippen LogP contribution is 2.36. The van der Waals surface area contributed by atoms with E-state index in [1.165, 1.54) is 0 Å². The lowest BCUT2D eigenvalue weighted by molar-refractivity contribution is -0.193. The fourth-order valence-corrected chi connectivity index (χ4v) is 1.02. The van der Waals surface area contributed by atoms with Gasteiger partial charge in [-0.25, -0.2) is 17.6 Å². The third-order valence-electron chi connectivity index (χ3n) is 1.91. The molecule has 1 aromatic rings. The van der Waals surface area contributed by atoms with Gasteiger partial charge in [-0.1, -0.05) is 6.07 Å². The lowest BCUT2D eigenvalue weighted by Crippen LogP contribution is -2.34. The minimum atomic E-state index is -4.72. The van der Waals surface area contributed by atoms with Gasteiger partial charge in [0.05, 0.1) is 0 Å². The molecule has 0 spiro atoms. The standard InChI is InChI=1S/C9H6F6O/c10-5-2-1-4(3-6(5)11)7(16)9(14,15)8(12)13/h1-3,7-8,16H. The first-order chi connectivity index (χ1) is 7.26. The van der Waals surface area contributed by atoms with Gasteiger partial charge in [0.15, 0.2) is 11.6 Å². The van der Waals surface area contributed by atoms with Crippen LogP contribution in [0, 0.1) is 11.6 Å². The molecule has 1 rings (SSSR count). The van der Waals surface area contributed by atoms with Crippen molar-refractivity contribution in [2.24, 2.45) is 0 Å². The fraction of sp³-hybridized carbons (Fsp3) is 0.333. The summed E-state index contributed by atoms with van der Waals surface area (Å²) in [7, 11) is 0. The predicted molar refractivity (Wildman–Crippen MR) is 42.3 cm³/mol. The molecule has 90 valence electrons. The van der Waals surface area contributed by atoms with Crippen molar-refractivity contribution >= 4 is 0 Å². The number of rotatable bonds is 3. The predicted octanol–water partition coefficient (Wildman–Crippen LogP) is 2.90. The van der Waals surface area contributed by atoms with Crippen molar-refractivity contribution in [1.29, 1.82) is 0 Å². The number of benzene rings is 1. The van der Waals surface area contributed by atoms with Gasteiger partial charge < -0.3 is 5.11 Å². The largest absolute Gasteiger partial charge is 0.382 e. The Morgan fingerprint density at radius 2 is 1.62 bits per heavy atom. The number of aliphatic hydroxyl groups excluding tert-OH is 1. The van der Waals surface area contributed by atoms with E-state index in [1.54, 1.807) is 0 Å². The van der Waals surface area contributed by atoms with Crippen LogP contribution in [0.3, 0.4) is 0 Å². The maximum atomic E-state index is 12.6. The molecule has 0 heterocycles. The van der Waals surface area contributed by atoms with Crippen LogP contribution in [0.1, 0.15) is 11.7 Å². The average Bonchev–Trinajstić information content (AvgIpc) is 2.20. The van der Waals surface area contributed by atoms with Gasteiger partial charge in [0, 0.05) is 0 Å². The number of hydrogen-bond acceptors (Lipinski definition) is 1. The molecular weight excluding hydrogens is 238 g/mol. The quantitative estimate of drug-likeness (QED) is 0.810. The van der Waals surface area contributed by atoms with Crippen molar-refractivity contribution in [3.8, 4) is 0 Å². The van der Waals surface area contributed by atoms with Gasteiger partial charge in [-0.2, -0.15) is 8.78 Å². The van der Waals surface area contributed by atoms with Crippen molar-refractivity contribution in [3.05, 3.63) is 35.4 Å². The summed E-state index contributed by atoms with van der Waals surface area (Å²) in [6.07, 6.45) is -6.99. The molecule has 1 aromatic carbocycles. The molecule has 1 N–H and O–H groups in total. The van der Waals surface area contributed by atoms with Crippen LogP contribution < -0.4 is 0 Å². The van der Waals surface area contributed by atoms with E-state index in [-0.39, 0.29) is 6.07 Å². The summed E-state index contributed by atoms with van der Waals surface area (Å²) in [5.74, 6) is -7.54. The summed E-state index contributed by atoms with van der Waals surface area (Å²) in [4.78, 5) is 0. The Morgan fingerprint density at radius 3 is 2.06 bits per heavy atom. The SMILES string of the molecule is OC(c1ccc(F)c(F)c1)C(F)(F)C(F)F. The molecule has 1 atom stereocenters. The van der Waals surface area contributed by atoms with Crippen LogP contribution in [0.2, 0.25) is 0 Å². The molecule has 0 aromatic heterocycles. The van der Waals surface area contributed by atoms with E-state index in [0.717, 1.165) is 0 Å². The van der Waals surface area contributed by atoms with Crippen molar-refractivity contribution in [2.45, 2.75) is 18.5 Å². The zero-order valence-corrected chi connectivity index (χ0v) is 7.60. The summed E-state index contributed by atoms with van der Waals surface area (Å²) in [6, 6.07) is 1.32. The zero-order chi connectivity index (χ0) is 12.5. The number of halogens is 6. The van der Waals surface area contributed by atoms with E-state index in [4.69, 9.17) is 5.11 Å². The molecule has 0 aliphatic carbocycles. The van der Waals surface area contributed by atoms with Crippen LogP contribution in [0.4, 0.5) is 26.3 Å². The second-order valence-electron chi connectivity index (χ2n) is 3.05. The molecule has 0 fully saturated rings. The highest BCUT2D eigenvalue weighted by molar-refractivity contribution is 5.22. The Morgan fingerprint density at radius 1 is 1.06 bits per heavy atom. The molecule has 0 aliphatic heterocycles. The summed E-state index contributed by atoms with van der Waals surface area (Å²) < 4.78 is 74.0. The molecule has 1 unspecified atom stereocenters. The second kappa shape index (κ2) is 4.32. The van der Waals surface area contributed by atoms with E-state index < -0.39 is 35.6 Å². The number of hydrogen-bond donors (Lipinski definition) is 1. The lowest BCUT2D eigenvalue weighted by Gasteiger charge is -2.21. The van der Waals surface area contributed by atoms with Crippen molar-refractivity contribution in [2.75, 3.05) is 0 Å². The topological polar surface area (TPSA) is 20.2 Å². The van der Waals surface area contributed by atoms with E-state index in [9.17, 15) is 26.3 Å². The summed E-state index contributed by atoms with van der Waals surface area (Å²) in [6.45, 7) is 0. The van der Waals surface area contributed by atoms with Gasteiger partial charge in [0.25, 0.3) is 0 Å². The molecule has 1 nitrogen and oxygen atoms in total. The Labute approximate surface area is 86.3 Å². The first-order valence-electron chi connectivity index (χ1n) is 4.05. The van der Waals surface area contributed by atoms with E-state index in [2.05, 4.69) is 0 Å². The van der Waals surface area contributed by atoms with Gasteiger partial charge in [0.2, 0.25) is 0 Å². The molecule has 0 aliphatic rings. The van der Waals surface area contributed by atoms with Gasteiger partial charge in [-0.3, -0.25) is 0 Å². The molecule has 0 radical (unpaired) electrons. The zero-order valence-electron chi connectivity index (χ0n) is 7.60. The maximum absolute atomic E-state index is 12.6. The molecular formula is C9H6F6O. The van der Waals surface area contributed by atoms with Crippen LogP contribution >= 0.6 is 0 Å². The van der Waals surface area contributed by atoms with Crippen LogP contribution in [0.5, 0.6) is 0 Å². The van der Waals surface area contributed by atoms with E-state index in [1.807, 2.05) is 0 Å². The number of aliphatic hydroxyl groups is 1. The van der Waals surface area contributed by atoms with E-state index in [0.29, 0.717) is 12.1 Å². The second-order valence-corrected chi connectivity index (χ2v) is 3.05. The third kappa shape index (κ3) is 2.29. The normalized spacial score (nSPS) is 14.2. The molecule has 0 saturated heterocycles. The Balaban J connectivity index is 3.05. The van der Waals surface area contributed by atoms with Crippen LogP contribution in [0.15, 0.2) is 18.2 Å². The molecule has 7 heteroatoms. The van der Waals surface area contributed by atoms with Crippen LogP contribution in [-0.4, -0.2) is 17.5 Å². The van der Waals surface area contributed by atoms with Gasteiger partial charge in [-0.05, 0) is 17.7 Å². The Kier molecular flexibility index (Phi) is 3.47. The van der Waals surface area contributed by atoms with Crippen molar-refractivity contribution in [1.82, 2.24) is 0 Å². The first kappa shape index (κ1) is 12.8. The third-order valence-corrected chi connectivity index (χ3v) is 1.91. The Bertz CT molecular complexity index is 378. The lowest BCUT2D eigenvalue weighted by atomic mass is 10.0. The van der Waals surface area contributed by atoms with Crippen molar-refractivity contribution in [3.63, 3.8) is 0 Å². The fourth-order valence-electron chi connectivity index (χ4n) is 1.02. The monoisotopic (exact) mass is 244 g/mol. The minimum Gasteiger partial charge on any atom is -0.382 e. The van der Waals surface area contributed by atoms with E-state index >= 15 is 0 Å². The van der Waals surface area contributed by atoms with Gasteiger partial charge in [0.1, 0.15) is 6.10 Å². The average molecular weight is 244 g/mol. The molecule has 16 heavy (non-hydrogen) atoms. The summed E-state index contributed by atoms with van der Waals surface area (Å²) in [5.41, 5.74) is -0.816. The molecule has 0 bridgehead atoms. The highest BCUT2D eigenvalue weighted by Gasteiger charge is 2.48. The molecule has 0 saturated carbocycles. The van der Waals surface area contributed by atoms with Crippen LogP contribution in [0.25, 0.3) is 0 Å². The number of alkyl halides is 4. The maximum Gasteiger partial charge on any atom is 0.336 e. The smallest absolute Gasteiger partial charge is 0.336 e. The van der Waals surface area contributed by atoms with Gasteiger partial charge >= 0.3 is 12.3 Å². The minimum absolute atomic E-state index is 0.246. The first-order valence-corrected chi connectivity index (χ1v) is 4.05. The molecule has 0 amide bonds. The van der Waals surface area contributed by atoms with Gasteiger partial charge in [-0.15, -0.1) is 0 Å². The van der Waals surface area contributed by atoms with Crippen molar-refractivity contribution < 1.29 is 31.4 Å². The highest BCUT2D eigenvalue weighted by atomic mass is 19.3. The van der Waals surface area contributed by atoms with Crippen LogP contribution in [-0.2, 0) is 0 Å².